The molecule has 0 saturated carbocycles. The first-order valence-corrected chi connectivity index (χ1v) is 11.1. The molecule has 1 aromatic rings. The second-order valence-electron chi connectivity index (χ2n) is 7.56. The Balaban J connectivity index is 1.64. The Morgan fingerprint density at radius 2 is 1.96 bits per heavy atom. The highest BCUT2D eigenvalue weighted by Gasteiger charge is 2.28. The second kappa shape index (κ2) is 8.58. The molecule has 2 atom stereocenters. The van der Waals surface area contributed by atoms with Crippen LogP contribution in [0.3, 0.4) is 0 Å². The average molecular weight is 395 g/mol. The van der Waals surface area contributed by atoms with E-state index < -0.39 is 10.0 Å². The van der Waals surface area contributed by atoms with Gasteiger partial charge in [0.15, 0.2) is 5.96 Å². The largest absolute Gasteiger partial charge is 0.375 e. The third-order valence-corrected chi connectivity index (χ3v) is 7.05. The molecule has 3 rings (SSSR count). The van der Waals surface area contributed by atoms with Gasteiger partial charge in [-0.15, -0.1) is 0 Å². The number of morpholine rings is 1. The maximum Gasteiger partial charge on any atom is 0.243 e. The summed E-state index contributed by atoms with van der Waals surface area (Å²) < 4.78 is 32.7. The number of rotatable bonds is 4. The van der Waals surface area contributed by atoms with Gasteiger partial charge in [-0.05, 0) is 43.4 Å². The summed E-state index contributed by atoms with van der Waals surface area (Å²) in [4.78, 5) is 6.81. The number of hydrogen-bond donors (Lipinski definition) is 1. The fourth-order valence-corrected chi connectivity index (χ4v) is 5.18. The van der Waals surface area contributed by atoms with Crippen molar-refractivity contribution in [3.05, 3.63) is 29.8 Å². The highest BCUT2D eigenvalue weighted by atomic mass is 32.2. The Labute approximate surface area is 162 Å². The van der Waals surface area contributed by atoms with E-state index in [4.69, 9.17) is 10.5 Å². The highest BCUT2D eigenvalue weighted by molar-refractivity contribution is 7.89. The lowest BCUT2D eigenvalue weighted by atomic mass is 10.0. The van der Waals surface area contributed by atoms with Crippen LogP contribution in [0, 0.1) is 5.92 Å². The van der Waals surface area contributed by atoms with Crippen molar-refractivity contribution in [3.63, 3.8) is 0 Å². The summed E-state index contributed by atoms with van der Waals surface area (Å²) in [7, 11) is -3.42. The van der Waals surface area contributed by atoms with Crippen molar-refractivity contribution in [3.8, 4) is 0 Å². The minimum atomic E-state index is -3.42. The molecule has 0 aromatic heterocycles. The van der Waals surface area contributed by atoms with E-state index in [0.29, 0.717) is 43.0 Å². The summed E-state index contributed by atoms with van der Waals surface area (Å²) in [6.07, 6.45) is 2.16. The van der Waals surface area contributed by atoms with Crippen molar-refractivity contribution in [1.82, 2.24) is 9.21 Å². The molecule has 2 saturated heterocycles. The lowest BCUT2D eigenvalue weighted by Gasteiger charge is -2.31. The van der Waals surface area contributed by atoms with Gasteiger partial charge < -0.3 is 15.4 Å². The van der Waals surface area contributed by atoms with Gasteiger partial charge in [0.2, 0.25) is 10.0 Å². The summed E-state index contributed by atoms with van der Waals surface area (Å²) in [5.74, 6) is 0.914. The van der Waals surface area contributed by atoms with E-state index in [-0.39, 0.29) is 6.10 Å². The Morgan fingerprint density at radius 3 is 2.63 bits per heavy atom. The SMILES string of the molecule is CC1CCCN(S(=O)(=O)c2ccc(CN=C(N)N3CCOC(C)C3)cc2)C1. The molecular formula is C19H30N4O3S. The van der Waals surface area contributed by atoms with Crippen molar-refractivity contribution in [2.75, 3.05) is 32.8 Å². The molecule has 1 aromatic carbocycles. The molecule has 2 fully saturated rings. The van der Waals surface area contributed by atoms with Crippen LogP contribution >= 0.6 is 0 Å². The van der Waals surface area contributed by atoms with Crippen LogP contribution in [0.25, 0.3) is 0 Å². The molecule has 2 N–H and O–H groups in total. The molecule has 7 nitrogen and oxygen atoms in total. The summed E-state index contributed by atoms with van der Waals surface area (Å²) >= 11 is 0. The van der Waals surface area contributed by atoms with Crippen LogP contribution in [0.2, 0.25) is 0 Å². The first kappa shape index (κ1) is 20.1. The van der Waals surface area contributed by atoms with E-state index in [1.807, 2.05) is 24.0 Å². The molecular weight excluding hydrogens is 364 g/mol. The third-order valence-electron chi connectivity index (χ3n) is 5.17. The minimum absolute atomic E-state index is 0.148. The van der Waals surface area contributed by atoms with Crippen LogP contribution in [-0.2, 0) is 21.3 Å². The maximum atomic E-state index is 12.8. The van der Waals surface area contributed by atoms with Gasteiger partial charge in [0.25, 0.3) is 0 Å². The van der Waals surface area contributed by atoms with Crippen LogP contribution in [0.4, 0.5) is 0 Å². The van der Waals surface area contributed by atoms with Gasteiger partial charge in [-0.25, -0.2) is 13.4 Å². The van der Waals surface area contributed by atoms with Crippen molar-refractivity contribution >= 4 is 16.0 Å². The zero-order valence-corrected chi connectivity index (χ0v) is 17.0. The van der Waals surface area contributed by atoms with E-state index in [2.05, 4.69) is 11.9 Å². The fraction of sp³-hybridized carbons (Fsp3) is 0.632. The Bertz CT molecular complexity index is 764. The summed E-state index contributed by atoms with van der Waals surface area (Å²) in [5.41, 5.74) is 7.02. The van der Waals surface area contributed by atoms with Crippen LogP contribution in [0.1, 0.15) is 32.3 Å². The molecule has 2 heterocycles. The normalized spacial score (nSPS) is 25.6. The van der Waals surface area contributed by atoms with Crippen LogP contribution in [0.5, 0.6) is 0 Å². The van der Waals surface area contributed by atoms with Crippen LogP contribution in [-0.4, -0.2) is 62.5 Å². The molecule has 8 heteroatoms. The topological polar surface area (TPSA) is 88.2 Å². The molecule has 0 radical (unpaired) electrons. The Kier molecular flexibility index (Phi) is 6.39. The fourth-order valence-electron chi connectivity index (χ4n) is 3.58. The van der Waals surface area contributed by atoms with Gasteiger partial charge in [0, 0.05) is 26.2 Å². The number of ether oxygens (including phenoxy) is 1. The number of guanidine groups is 1. The standard InChI is InChI=1S/C19H30N4O3S/c1-15-4-3-9-23(13-15)27(24,25)18-7-5-17(6-8-18)12-21-19(20)22-10-11-26-16(2)14-22/h5-8,15-16H,3-4,9-14H2,1-2H3,(H2,20,21). The quantitative estimate of drug-likeness (QED) is 0.620. The van der Waals surface area contributed by atoms with Gasteiger partial charge in [0.1, 0.15) is 0 Å². The maximum absolute atomic E-state index is 12.8. The predicted octanol–water partition coefficient (Wildman–Crippen LogP) is 1.64. The number of aliphatic imine (C=N–C) groups is 1. The molecule has 2 aliphatic heterocycles. The summed E-state index contributed by atoms with van der Waals surface area (Å²) in [5, 5.41) is 0. The lowest BCUT2D eigenvalue weighted by molar-refractivity contribution is 0.00529. The number of piperidine rings is 1. The van der Waals surface area contributed by atoms with E-state index >= 15 is 0 Å². The highest BCUT2D eigenvalue weighted by Crippen LogP contribution is 2.23. The van der Waals surface area contributed by atoms with Gasteiger partial charge in [0.05, 0.1) is 24.2 Å². The molecule has 2 unspecified atom stereocenters. The van der Waals surface area contributed by atoms with Crippen LogP contribution in [0.15, 0.2) is 34.2 Å². The molecule has 0 spiro atoms. The monoisotopic (exact) mass is 394 g/mol. The summed E-state index contributed by atoms with van der Waals surface area (Å²) in [6, 6.07) is 6.98. The van der Waals surface area contributed by atoms with Crippen LogP contribution < -0.4 is 5.73 Å². The number of benzene rings is 1. The number of nitrogens with zero attached hydrogens (tertiary/aromatic N) is 3. The number of nitrogens with two attached hydrogens (primary N) is 1. The molecule has 0 amide bonds. The number of sulfonamides is 1. The Morgan fingerprint density at radius 1 is 1.22 bits per heavy atom. The summed E-state index contributed by atoms with van der Waals surface area (Å²) in [6.45, 7) is 7.88. The van der Waals surface area contributed by atoms with Gasteiger partial charge in [-0.1, -0.05) is 19.1 Å². The molecule has 2 aliphatic rings. The minimum Gasteiger partial charge on any atom is -0.375 e. The van der Waals surface area contributed by atoms with Gasteiger partial charge in [-0.2, -0.15) is 4.31 Å². The van der Waals surface area contributed by atoms with Gasteiger partial charge in [-0.3, -0.25) is 0 Å². The van der Waals surface area contributed by atoms with E-state index in [1.54, 1.807) is 16.4 Å². The zero-order valence-electron chi connectivity index (χ0n) is 16.2. The van der Waals surface area contributed by atoms with Crippen molar-refractivity contribution in [2.24, 2.45) is 16.6 Å². The van der Waals surface area contributed by atoms with E-state index in [9.17, 15) is 8.42 Å². The smallest absolute Gasteiger partial charge is 0.243 e. The predicted molar refractivity (Wildman–Crippen MR) is 106 cm³/mol. The zero-order chi connectivity index (χ0) is 19.4. The lowest BCUT2D eigenvalue weighted by Crippen LogP contribution is -2.47. The van der Waals surface area contributed by atoms with E-state index in [1.165, 1.54) is 0 Å². The number of hydrogen-bond acceptors (Lipinski definition) is 4. The third kappa shape index (κ3) is 5.00. The van der Waals surface area contributed by atoms with E-state index in [0.717, 1.165) is 31.5 Å². The average Bonchev–Trinajstić information content (AvgIpc) is 2.66. The first-order chi connectivity index (χ1) is 12.9. The Hall–Kier alpha value is -1.64. The van der Waals surface area contributed by atoms with Crippen molar-refractivity contribution < 1.29 is 13.2 Å². The molecule has 0 aliphatic carbocycles. The van der Waals surface area contributed by atoms with Crippen molar-refractivity contribution in [2.45, 2.75) is 44.2 Å². The van der Waals surface area contributed by atoms with Gasteiger partial charge >= 0.3 is 0 Å². The molecule has 0 bridgehead atoms. The first-order valence-electron chi connectivity index (χ1n) is 9.62. The molecule has 150 valence electrons. The van der Waals surface area contributed by atoms with Crippen molar-refractivity contribution in [1.29, 1.82) is 0 Å². The second-order valence-corrected chi connectivity index (χ2v) is 9.49. The molecule has 27 heavy (non-hydrogen) atoms.